The molecule has 1 aromatic carbocycles. The van der Waals surface area contributed by atoms with E-state index in [1.54, 1.807) is 20.8 Å². The zero-order valence-electron chi connectivity index (χ0n) is 20.2. The van der Waals surface area contributed by atoms with Crippen LogP contribution in [0.1, 0.15) is 58.2 Å². The number of carbonyl (C=O) groups is 3. The maximum atomic E-state index is 12.8. The predicted octanol–water partition coefficient (Wildman–Crippen LogP) is 2.48. The number of ether oxygens (including phenoxy) is 2. The first-order chi connectivity index (χ1) is 15.4. The summed E-state index contributed by atoms with van der Waals surface area (Å²) in [7, 11) is 0. The summed E-state index contributed by atoms with van der Waals surface area (Å²) in [6.45, 7) is 10.2. The summed E-state index contributed by atoms with van der Waals surface area (Å²) >= 11 is 0. The summed E-state index contributed by atoms with van der Waals surface area (Å²) in [4.78, 5) is 38.3. The number of nitrogens with zero attached hydrogens (tertiary/aromatic N) is 1. The van der Waals surface area contributed by atoms with Crippen LogP contribution in [0.4, 0.5) is 4.79 Å². The molecule has 0 aromatic heterocycles. The van der Waals surface area contributed by atoms with Gasteiger partial charge in [0, 0.05) is 13.0 Å². The first kappa shape index (κ1) is 26.6. The lowest BCUT2D eigenvalue weighted by Crippen LogP contribution is -2.51. The van der Waals surface area contributed by atoms with Gasteiger partial charge in [-0.05, 0) is 44.2 Å². The van der Waals surface area contributed by atoms with Crippen LogP contribution < -0.4 is 11.1 Å². The van der Waals surface area contributed by atoms with Gasteiger partial charge < -0.3 is 25.6 Å². The number of hydrogen-bond donors (Lipinski definition) is 3. The molecular weight excluding hydrogens is 426 g/mol. The van der Waals surface area contributed by atoms with Crippen molar-refractivity contribution in [1.82, 2.24) is 10.2 Å². The second-order valence-corrected chi connectivity index (χ2v) is 9.84. The lowest BCUT2D eigenvalue weighted by molar-refractivity contribution is -0.158. The number of nitrogens with one attached hydrogen (secondary N) is 1. The fourth-order valence-electron chi connectivity index (χ4n) is 3.68. The van der Waals surface area contributed by atoms with E-state index in [0.29, 0.717) is 19.6 Å². The summed E-state index contributed by atoms with van der Waals surface area (Å²) in [5.74, 6) is -0.686. The Kier molecular flexibility index (Phi) is 9.25. The van der Waals surface area contributed by atoms with Crippen LogP contribution in [0.25, 0.3) is 0 Å². The molecule has 0 radical (unpaired) electrons. The molecule has 1 aliphatic rings. The Morgan fingerprint density at radius 3 is 2.42 bits per heavy atom. The second-order valence-electron chi connectivity index (χ2n) is 9.84. The van der Waals surface area contributed by atoms with Crippen LogP contribution in [0, 0.1) is 5.92 Å². The molecule has 33 heavy (non-hydrogen) atoms. The van der Waals surface area contributed by atoms with Gasteiger partial charge >= 0.3 is 12.1 Å². The van der Waals surface area contributed by atoms with Gasteiger partial charge in [-0.3, -0.25) is 9.69 Å². The van der Waals surface area contributed by atoms with Crippen molar-refractivity contribution in [1.29, 1.82) is 0 Å². The molecule has 1 aromatic rings. The van der Waals surface area contributed by atoms with Gasteiger partial charge in [-0.15, -0.1) is 0 Å². The number of carboxylic acid groups (broad SMARTS) is 1. The Labute approximate surface area is 195 Å². The molecule has 1 heterocycles. The normalized spacial score (nSPS) is 18.5. The quantitative estimate of drug-likeness (QED) is 0.505. The van der Waals surface area contributed by atoms with Crippen LogP contribution in [0.5, 0.6) is 0 Å². The van der Waals surface area contributed by atoms with Gasteiger partial charge in [-0.2, -0.15) is 0 Å². The fourth-order valence-corrected chi connectivity index (χ4v) is 3.68. The minimum Gasteiger partial charge on any atom is -0.465 e. The fraction of sp³-hybridized carbons (Fsp3) is 0.625. The van der Waals surface area contributed by atoms with Crippen LogP contribution in [0.3, 0.4) is 0 Å². The Balaban J connectivity index is 2.16. The third-order valence-corrected chi connectivity index (χ3v) is 5.25. The molecule has 0 bridgehead atoms. The molecule has 3 atom stereocenters. The lowest BCUT2D eigenvalue weighted by Gasteiger charge is -2.33. The van der Waals surface area contributed by atoms with Crippen molar-refractivity contribution in [3.05, 3.63) is 35.4 Å². The molecule has 1 unspecified atom stereocenters. The zero-order valence-corrected chi connectivity index (χ0v) is 20.2. The number of benzene rings is 1. The molecule has 9 heteroatoms. The van der Waals surface area contributed by atoms with Gasteiger partial charge in [0.15, 0.2) is 0 Å². The minimum absolute atomic E-state index is 0.221. The highest BCUT2D eigenvalue weighted by Gasteiger charge is 2.30. The topological polar surface area (TPSA) is 131 Å². The number of amides is 2. The van der Waals surface area contributed by atoms with Crippen molar-refractivity contribution < 1.29 is 29.0 Å². The van der Waals surface area contributed by atoms with E-state index in [2.05, 4.69) is 5.32 Å². The molecule has 2 amide bonds. The van der Waals surface area contributed by atoms with E-state index in [4.69, 9.17) is 15.2 Å². The van der Waals surface area contributed by atoms with Gasteiger partial charge in [-0.1, -0.05) is 38.1 Å². The number of hydrogen-bond acceptors (Lipinski definition) is 6. The number of morpholine rings is 1. The SMILES string of the molecule is CC(C)C[C@H](N)C(=O)N[C@@H](Cc1ccc(C2COCCN2C(=O)O)cc1)C(=O)OC(C)(C)C. The molecule has 1 aliphatic heterocycles. The molecule has 9 nitrogen and oxygen atoms in total. The summed E-state index contributed by atoms with van der Waals surface area (Å²) in [5.41, 5.74) is 6.90. The van der Waals surface area contributed by atoms with Crippen molar-refractivity contribution in [2.75, 3.05) is 19.8 Å². The average Bonchev–Trinajstić information content (AvgIpc) is 2.72. The van der Waals surface area contributed by atoms with E-state index >= 15 is 0 Å². The molecule has 0 spiro atoms. The van der Waals surface area contributed by atoms with E-state index in [9.17, 15) is 19.5 Å². The number of carbonyl (C=O) groups excluding carboxylic acids is 2. The van der Waals surface area contributed by atoms with E-state index in [-0.39, 0.29) is 25.0 Å². The maximum Gasteiger partial charge on any atom is 0.407 e. The van der Waals surface area contributed by atoms with Gasteiger partial charge in [0.25, 0.3) is 0 Å². The van der Waals surface area contributed by atoms with Gasteiger partial charge in [-0.25, -0.2) is 9.59 Å². The highest BCUT2D eigenvalue weighted by atomic mass is 16.6. The van der Waals surface area contributed by atoms with Crippen LogP contribution in [-0.2, 0) is 25.5 Å². The summed E-state index contributed by atoms with van der Waals surface area (Å²) < 4.78 is 11.0. The summed E-state index contributed by atoms with van der Waals surface area (Å²) in [6, 6.07) is 5.29. The molecule has 4 N–H and O–H groups in total. The van der Waals surface area contributed by atoms with E-state index < -0.39 is 35.7 Å². The third-order valence-electron chi connectivity index (χ3n) is 5.25. The molecule has 0 saturated carbocycles. The number of nitrogens with two attached hydrogens (primary N) is 1. The summed E-state index contributed by atoms with van der Waals surface area (Å²) in [5, 5.41) is 12.2. The van der Waals surface area contributed by atoms with Crippen LogP contribution in [-0.4, -0.2) is 65.4 Å². The van der Waals surface area contributed by atoms with Crippen LogP contribution in [0.2, 0.25) is 0 Å². The van der Waals surface area contributed by atoms with E-state index in [1.807, 2.05) is 38.1 Å². The second kappa shape index (κ2) is 11.5. The molecule has 184 valence electrons. The van der Waals surface area contributed by atoms with Crippen molar-refractivity contribution in [3.8, 4) is 0 Å². The molecular formula is C24H37N3O6. The lowest BCUT2D eigenvalue weighted by atomic mass is 9.99. The molecule has 0 aliphatic carbocycles. The van der Waals surface area contributed by atoms with Gasteiger partial charge in [0.05, 0.1) is 25.3 Å². The van der Waals surface area contributed by atoms with Crippen molar-refractivity contribution >= 4 is 18.0 Å². The van der Waals surface area contributed by atoms with Gasteiger partial charge in [0.2, 0.25) is 5.91 Å². The molecule has 2 rings (SSSR count). The van der Waals surface area contributed by atoms with Gasteiger partial charge in [0.1, 0.15) is 11.6 Å². The Hall–Kier alpha value is -2.65. The van der Waals surface area contributed by atoms with Crippen LogP contribution >= 0.6 is 0 Å². The molecule has 1 fully saturated rings. The Morgan fingerprint density at radius 1 is 1.24 bits per heavy atom. The minimum atomic E-state index is -0.988. The molecule has 1 saturated heterocycles. The Morgan fingerprint density at radius 2 is 1.88 bits per heavy atom. The Bertz CT molecular complexity index is 818. The van der Waals surface area contributed by atoms with Crippen molar-refractivity contribution in [2.45, 2.75) is 71.2 Å². The van der Waals surface area contributed by atoms with Crippen LogP contribution in [0.15, 0.2) is 24.3 Å². The monoisotopic (exact) mass is 463 g/mol. The third kappa shape index (κ3) is 8.33. The van der Waals surface area contributed by atoms with Crippen molar-refractivity contribution in [3.63, 3.8) is 0 Å². The zero-order chi connectivity index (χ0) is 24.8. The predicted molar refractivity (Wildman–Crippen MR) is 124 cm³/mol. The standard InChI is InChI=1S/C24H37N3O6/c1-15(2)12-18(25)21(28)26-19(22(29)33-24(3,4)5)13-16-6-8-17(9-7-16)20-14-32-11-10-27(20)23(30)31/h6-9,15,18-20H,10-14,25H2,1-5H3,(H,26,28)(H,30,31)/t18-,19-,20?/m0/s1. The first-order valence-electron chi connectivity index (χ1n) is 11.3. The smallest absolute Gasteiger partial charge is 0.407 e. The average molecular weight is 464 g/mol. The highest BCUT2D eigenvalue weighted by molar-refractivity contribution is 5.87. The highest BCUT2D eigenvalue weighted by Crippen LogP contribution is 2.25. The van der Waals surface area contributed by atoms with Crippen molar-refractivity contribution in [2.24, 2.45) is 11.7 Å². The number of esters is 1. The van der Waals surface area contributed by atoms with E-state index in [0.717, 1.165) is 11.1 Å². The largest absolute Gasteiger partial charge is 0.465 e. The summed E-state index contributed by atoms with van der Waals surface area (Å²) in [6.07, 6.45) is -0.262. The first-order valence-corrected chi connectivity index (χ1v) is 11.3. The number of rotatable bonds is 8. The maximum absolute atomic E-state index is 12.8. The van der Waals surface area contributed by atoms with E-state index in [1.165, 1.54) is 4.90 Å².